The summed E-state index contributed by atoms with van der Waals surface area (Å²) in [5.41, 5.74) is 1.42. The summed E-state index contributed by atoms with van der Waals surface area (Å²) in [6, 6.07) is 8.65. The van der Waals surface area contributed by atoms with Crippen molar-refractivity contribution in [3.05, 3.63) is 29.8 Å². The van der Waals surface area contributed by atoms with E-state index >= 15 is 0 Å². The molecule has 0 bridgehead atoms. The van der Waals surface area contributed by atoms with Gasteiger partial charge in [0.05, 0.1) is 7.11 Å². The summed E-state index contributed by atoms with van der Waals surface area (Å²) in [4.78, 5) is 2.25. The van der Waals surface area contributed by atoms with Crippen LogP contribution >= 0.6 is 0 Å². The minimum atomic E-state index is 0.162. The second-order valence-corrected chi connectivity index (χ2v) is 6.00. The van der Waals surface area contributed by atoms with Crippen LogP contribution in [0.5, 0.6) is 5.75 Å². The number of para-hydroxylation sites is 1. The molecule has 0 aliphatic rings. The molecule has 19 heavy (non-hydrogen) atoms. The molecule has 1 rings (SSSR count). The second kappa shape index (κ2) is 6.92. The zero-order valence-electron chi connectivity index (χ0n) is 13.2. The molecule has 3 nitrogen and oxygen atoms in total. The molecule has 0 aliphatic heterocycles. The van der Waals surface area contributed by atoms with Crippen LogP contribution in [-0.2, 0) is 6.42 Å². The van der Waals surface area contributed by atoms with E-state index in [1.807, 2.05) is 12.1 Å². The van der Waals surface area contributed by atoms with Crippen molar-refractivity contribution in [3.63, 3.8) is 0 Å². The Morgan fingerprint density at radius 3 is 2.47 bits per heavy atom. The Bertz CT molecular complexity index is 388. The summed E-state index contributed by atoms with van der Waals surface area (Å²) in [6.07, 6.45) is 0.980. The standard InChI is InChI=1S/C16H28N2O/c1-13(17-12-16(2,3)18(4)5)11-14-9-7-8-10-15(14)19-6/h7-10,13,17H,11-12H2,1-6H3. The molecule has 0 amide bonds. The first-order chi connectivity index (χ1) is 8.86. The molecule has 0 saturated heterocycles. The van der Waals surface area contributed by atoms with E-state index in [4.69, 9.17) is 4.74 Å². The fourth-order valence-corrected chi connectivity index (χ4v) is 1.86. The number of likely N-dealkylation sites (N-methyl/N-ethyl adjacent to an activating group) is 1. The van der Waals surface area contributed by atoms with Crippen LogP contribution in [0.3, 0.4) is 0 Å². The van der Waals surface area contributed by atoms with Crippen LogP contribution in [-0.4, -0.2) is 44.2 Å². The summed E-state index contributed by atoms with van der Waals surface area (Å²) in [5, 5.41) is 3.61. The summed E-state index contributed by atoms with van der Waals surface area (Å²) >= 11 is 0. The monoisotopic (exact) mass is 264 g/mol. The average molecular weight is 264 g/mol. The van der Waals surface area contributed by atoms with Gasteiger partial charge in [-0.2, -0.15) is 0 Å². The van der Waals surface area contributed by atoms with Gasteiger partial charge >= 0.3 is 0 Å². The van der Waals surface area contributed by atoms with Gasteiger partial charge in [0.25, 0.3) is 0 Å². The van der Waals surface area contributed by atoms with Crippen LogP contribution < -0.4 is 10.1 Å². The maximum Gasteiger partial charge on any atom is 0.122 e. The highest BCUT2D eigenvalue weighted by atomic mass is 16.5. The van der Waals surface area contributed by atoms with Crippen molar-refractivity contribution >= 4 is 0 Å². The third-order valence-electron chi connectivity index (χ3n) is 3.81. The first-order valence-corrected chi connectivity index (χ1v) is 6.89. The topological polar surface area (TPSA) is 24.5 Å². The maximum atomic E-state index is 5.39. The molecule has 0 saturated carbocycles. The van der Waals surface area contributed by atoms with Gasteiger partial charge in [0.15, 0.2) is 0 Å². The highest BCUT2D eigenvalue weighted by Gasteiger charge is 2.20. The van der Waals surface area contributed by atoms with Crippen LogP contribution in [0.25, 0.3) is 0 Å². The minimum absolute atomic E-state index is 0.162. The van der Waals surface area contributed by atoms with Gasteiger partial charge in [0.1, 0.15) is 5.75 Å². The van der Waals surface area contributed by atoms with Crippen molar-refractivity contribution in [2.24, 2.45) is 0 Å². The molecule has 1 aromatic carbocycles. The van der Waals surface area contributed by atoms with Gasteiger partial charge < -0.3 is 15.0 Å². The van der Waals surface area contributed by atoms with E-state index in [0.29, 0.717) is 6.04 Å². The molecule has 1 atom stereocenters. The minimum Gasteiger partial charge on any atom is -0.496 e. The number of rotatable bonds is 7. The number of nitrogens with zero attached hydrogens (tertiary/aromatic N) is 1. The Hall–Kier alpha value is -1.06. The summed E-state index contributed by atoms with van der Waals surface area (Å²) in [7, 11) is 5.96. The summed E-state index contributed by atoms with van der Waals surface area (Å²) < 4.78 is 5.39. The van der Waals surface area contributed by atoms with Crippen molar-refractivity contribution in [2.45, 2.75) is 38.8 Å². The molecule has 1 N–H and O–H groups in total. The lowest BCUT2D eigenvalue weighted by Crippen LogP contribution is -2.49. The van der Waals surface area contributed by atoms with Gasteiger partial charge in [-0.15, -0.1) is 0 Å². The molecule has 3 heteroatoms. The Balaban J connectivity index is 2.54. The quantitative estimate of drug-likeness (QED) is 0.819. The Morgan fingerprint density at radius 2 is 1.89 bits per heavy atom. The second-order valence-electron chi connectivity index (χ2n) is 6.00. The SMILES string of the molecule is COc1ccccc1CC(C)NCC(C)(C)N(C)C. The van der Waals surface area contributed by atoms with Gasteiger partial charge in [-0.05, 0) is 52.9 Å². The van der Waals surface area contributed by atoms with E-state index in [2.05, 4.69) is 57.2 Å². The van der Waals surface area contributed by atoms with Crippen LogP contribution in [0.4, 0.5) is 0 Å². The van der Waals surface area contributed by atoms with Crippen molar-refractivity contribution in [3.8, 4) is 5.75 Å². The Morgan fingerprint density at radius 1 is 1.26 bits per heavy atom. The number of benzene rings is 1. The van der Waals surface area contributed by atoms with E-state index in [-0.39, 0.29) is 5.54 Å². The molecular formula is C16H28N2O. The first kappa shape index (κ1) is 16.0. The van der Waals surface area contributed by atoms with Crippen molar-refractivity contribution in [1.29, 1.82) is 0 Å². The number of hydrogen-bond acceptors (Lipinski definition) is 3. The number of nitrogens with one attached hydrogen (secondary N) is 1. The molecule has 0 heterocycles. The van der Waals surface area contributed by atoms with Crippen LogP contribution in [0.2, 0.25) is 0 Å². The van der Waals surface area contributed by atoms with E-state index < -0.39 is 0 Å². The maximum absolute atomic E-state index is 5.39. The zero-order chi connectivity index (χ0) is 14.5. The molecule has 0 fully saturated rings. The third kappa shape index (κ3) is 4.84. The van der Waals surface area contributed by atoms with E-state index in [9.17, 15) is 0 Å². The lowest BCUT2D eigenvalue weighted by molar-refractivity contribution is 0.185. The molecule has 0 spiro atoms. The van der Waals surface area contributed by atoms with Gasteiger partial charge in [-0.3, -0.25) is 0 Å². The first-order valence-electron chi connectivity index (χ1n) is 6.89. The van der Waals surface area contributed by atoms with E-state index in [1.165, 1.54) is 5.56 Å². The van der Waals surface area contributed by atoms with Gasteiger partial charge in [-0.25, -0.2) is 0 Å². The normalized spacial score (nSPS) is 13.6. The fraction of sp³-hybridized carbons (Fsp3) is 0.625. The third-order valence-corrected chi connectivity index (χ3v) is 3.81. The van der Waals surface area contributed by atoms with Gasteiger partial charge in [0.2, 0.25) is 0 Å². The van der Waals surface area contributed by atoms with E-state index in [1.54, 1.807) is 7.11 Å². The Kier molecular flexibility index (Phi) is 5.83. The lowest BCUT2D eigenvalue weighted by atomic mass is 10.0. The fourth-order valence-electron chi connectivity index (χ4n) is 1.86. The Labute approximate surface area is 118 Å². The average Bonchev–Trinajstić information content (AvgIpc) is 2.37. The summed E-state index contributed by atoms with van der Waals surface area (Å²) in [5.74, 6) is 0.975. The lowest BCUT2D eigenvalue weighted by Gasteiger charge is -2.34. The smallest absolute Gasteiger partial charge is 0.122 e. The highest BCUT2D eigenvalue weighted by molar-refractivity contribution is 5.33. The van der Waals surface area contributed by atoms with Gasteiger partial charge in [-0.1, -0.05) is 18.2 Å². The van der Waals surface area contributed by atoms with Crippen molar-refractivity contribution in [1.82, 2.24) is 10.2 Å². The number of methoxy groups -OCH3 is 1. The summed E-state index contributed by atoms with van der Waals surface area (Å²) in [6.45, 7) is 7.68. The van der Waals surface area contributed by atoms with E-state index in [0.717, 1.165) is 18.7 Å². The molecule has 1 aromatic rings. The van der Waals surface area contributed by atoms with Crippen molar-refractivity contribution in [2.75, 3.05) is 27.7 Å². The van der Waals surface area contributed by atoms with Crippen LogP contribution in [0.1, 0.15) is 26.3 Å². The predicted octanol–water partition coefficient (Wildman–Crippen LogP) is 2.56. The van der Waals surface area contributed by atoms with Gasteiger partial charge in [0, 0.05) is 18.1 Å². The number of hydrogen-bond donors (Lipinski definition) is 1. The highest BCUT2D eigenvalue weighted by Crippen LogP contribution is 2.19. The largest absolute Gasteiger partial charge is 0.496 e. The van der Waals surface area contributed by atoms with Crippen molar-refractivity contribution < 1.29 is 4.74 Å². The molecule has 0 aliphatic carbocycles. The predicted molar refractivity (Wildman–Crippen MR) is 81.9 cm³/mol. The molecule has 108 valence electrons. The van der Waals surface area contributed by atoms with Crippen LogP contribution in [0, 0.1) is 0 Å². The number of ether oxygens (including phenoxy) is 1. The molecular weight excluding hydrogens is 236 g/mol. The molecule has 1 unspecified atom stereocenters. The molecule has 0 aromatic heterocycles. The van der Waals surface area contributed by atoms with Crippen LogP contribution in [0.15, 0.2) is 24.3 Å². The molecule has 0 radical (unpaired) electrons. The zero-order valence-corrected chi connectivity index (χ0v) is 13.2.